The van der Waals surface area contributed by atoms with Crippen LogP contribution >= 0.6 is 11.6 Å². The Hall–Kier alpha value is -0.770. The van der Waals surface area contributed by atoms with E-state index >= 15 is 0 Å². The summed E-state index contributed by atoms with van der Waals surface area (Å²) < 4.78 is 0. The van der Waals surface area contributed by atoms with Crippen molar-refractivity contribution in [2.75, 3.05) is 31.1 Å². The van der Waals surface area contributed by atoms with Crippen LogP contribution in [0.1, 0.15) is 33.3 Å². The van der Waals surface area contributed by atoms with Crippen LogP contribution in [0.25, 0.3) is 0 Å². The average Bonchev–Trinajstić information content (AvgIpc) is 2.40. The third-order valence-electron chi connectivity index (χ3n) is 4.17. The summed E-state index contributed by atoms with van der Waals surface area (Å²) in [7, 11) is 0. The van der Waals surface area contributed by atoms with E-state index in [1.54, 1.807) is 0 Å². The van der Waals surface area contributed by atoms with Gasteiger partial charge in [0.15, 0.2) is 0 Å². The lowest BCUT2D eigenvalue weighted by Gasteiger charge is -2.43. The highest BCUT2D eigenvalue weighted by Crippen LogP contribution is 2.26. The van der Waals surface area contributed by atoms with E-state index in [0.717, 1.165) is 43.2 Å². The molecule has 1 atom stereocenters. The quantitative estimate of drug-likeness (QED) is 0.931. The average molecular weight is 310 g/mol. The van der Waals surface area contributed by atoms with Crippen molar-refractivity contribution < 1.29 is 0 Å². The van der Waals surface area contributed by atoms with Crippen LogP contribution in [0.4, 0.5) is 5.69 Å². The fourth-order valence-corrected chi connectivity index (χ4v) is 3.13. The number of halogens is 1. The molecule has 0 aliphatic carbocycles. The Morgan fingerprint density at radius 1 is 1.19 bits per heavy atom. The molecule has 21 heavy (non-hydrogen) atoms. The number of benzene rings is 1. The molecule has 1 aliphatic heterocycles. The predicted molar refractivity (Wildman–Crippen MR) is 92.3 cm³/mol. The molecule has 2 rings (SSSR count). The molecular formula is C17H28ClN3. The molecule has 1 unspecified atom stereocenters. The Morgan fingerprint density at radius 3 is 2.29 bits per heavy atom. The Balaban J connectivity index is 2.02. The van der Waals surface area contributed by atoms with E-state index in [0.29, 0.717) is 0 Å². The van der Waals surface area contributed by atoms with Crippen LogP contribution in [0.3, 0.4) is 0 Å². The first-order valence-corrected chi connectivity index (χ1v) is 8.19. The summed E-state index contributed by atoms with van der Waals surface area (Å²) in [6.07, 6.45) is 0.830. The number of rotatable bonds is 3. The number of hydrogen-bond acceptors (Lipinski definition) is 3. The first-order valence-electron chi connectivity index (χ1n) is 7.81. The van der Waals surface area contributed by atoms with Crippen molar-refractivity contribution in [3.8, 4) is 0 Å². The fraction of sp³-hybridized carbons (Fsp3) is 0.647. The van der Waals surface area contributed by atoms with Crippen LogP contribution in [-0.4, -0.2) is 42.7 Å². The van der Waals surface area contributed by atoms with Crippen LogP contribution < -0.4 is 10.6 Å². The molecule has 1 aromatic rings. The molecular weight excluding hydrogens is 282 g/mol. The smallest absolute Gasteiger partial charge is 0.0459 e. The van der Waals surface area contributed by atoms with Crippen molar-refractivity contribution in [3.63, 3.8) is 0 Å². The summed E-state index contributed by atoms with van der Waals surface area (Å²) in [5.74, 6) is 0. The Labute approximate surface area is 134 Å². The van der Waals surface area contributed by atoms with Gasteiger partial charge >= 0.3 is 0 Å². The second kappa shape index (κ2) is 6.55. The van der Waals surface area contributed by atoms with E-state index in [9.17, 15) is 0 Å². The van der Waals surface area contributed by atoms with E-state index in [-0.39, 0.29) is 11.6 Å². The fourth-order valence-electron chi connectivity index (χ4n) is 2.88. The van der Waals surface area contributed by atoms with Gasteiger partial charge in [0.25, 0.3) is 0 Å². The zero-order chi connectivity index (χ0) is 15.6. The van der Waals surface area contributed by atoms with Crippen molar-refractivity contribution >= 4 is 17.3 Å². The standard InChI is InChI=1S/C17H28ClN3/c1-13(19)11-14-5-6-15(12-16(14)18)20-7-9-21(10-8-20)17(2,3)4/h5-6,12-13H,7-11,19H2,1-4H3. The third-order valence-corrected chi connectivity index (χ3v) is 4.52. The van der Waals surface area contributed by atoms with Crippen molar-refractivity contribution in [2.45, 2.75) is 45.7 Å². The number of piperazine rings is 1. The maximum Gasteiger partial charge on any atom is 0.0459 e. The van der Waals surface area contributed by atoms with Gasteiger partial charge in [0.1, 0.15) is 0 Å². The summed E-state index contributed by atoms with van der Waals surface area (Å²) in [6, 6.07) is 6.53. The lowest BCUT2D eigenvalue weighted by atomic mass is 10.0. The predicted octanol–water partition coefficient (Wildman–Crippen LogP) is 3.15. The van der Waals surface area contributed by atoms with Crippen LogP contribution in [0, 0.1) is 0 Å². The molecule has 2 N–H and O–H groups in total. The topological polar surface area (TPSA) is 32.5 Å². The van der Waals surface area contributed by atoms with Gasteiger partial charge in [-0.25, -0.2) is 0 Å². The highest BCUT2D eigenvalue weighted by molar-refractivity contribution is 6.31. The zero-order valence-electron chi connectivity index (χ0n) is 13.7. The minimum atomic E-state index is 0.142. The molecule has 1 fully saturated rings. The summed E-state index contributed by atoms with van der Waals surface area (Å²) >= 11 is 6.40. The zero-order valence-corrected chi connectivity index (χ0v) is 14.5. The van der Waals surface area contributed by atoms with Crippen LogP contribution in [0.2, 0.25) is 5.02 Å². The molecule has 0 bridgehead atoms. The second-order valence-electron chi connectivity index (χ2n) is 7.10. The molecule has 0 aromatic heterocycles. The summed E-state index contributed by atoms with van der Waals surface area (Å²) in [4.78, 5) is 4.96. The lowest BCUT2D eigenvalue weighted by molar-refractivity contribution is 0.128. The molecule has 4 heteroatoms. The molecule has 0 radical (unpaired) electrons. The molecule has 0 saturated carbocycles. The molecule has 1 heterocycles. The van der Waals surface area contributed by atoms with Gasteiger partial charge in [-0.2, -0.15) is 0 Å². The van der Waals surface area contributed by atoms with Gasteiger partial charge < -0.3 is 10.6 Å². The minimum Gasteiger partial charge on any atom is -0.369 e. The van der Waals surface area contributed by atoms with Gasteiger partial charge in [0.05, 0.1) is 0 Å². The van der Waals surface area contributed by atoms with Gasteiger partial charge in [0, 0.05) is 48.5 Å². The number of nitrogens with zero attached hydrogens (tertiary/aromatic N) is 2. The van der Waals surface area contributed by atoms with Crippen LogP contribution in [0.5, 0.6) is 0 Å². The van der Waals surface area contributed by atoms with Crippen molar-refractivity contribution in [1.29, 1.82) is 0 Å². The summed E-state index contributed by atoms with van der Waals surface area (Å²) in [5.41, 5.74) is 8.48. The molecule has 1 aliphatic rings. The second-order valence-corrected chi connectivity index (χ2v) is 7.51. The highest BCUT2D eigenvalue weighted by atomic mass is 35.5. The third kappa shape index (κ3) is 4.35. The Bertz CT molecular complexity index is 471. The summed E-state index contributed by atoms with van der Waals surface area (Å²) in [5, 5.41) is 0.836. The van der Waals surface area contributed by atoms with E-state index in [4.69, 9.17) is 17.3 Å². The van der Waals surface area contributed by atoms with Gasteiger partial charge in [0.2, 0.25) is 0 Å². The van der Waals surface area contributed by atoms with E-state index in [1.165, 1.54) is 5.69 Å². The molecule has 3 nitrogen and oxygen atoms in total. The number of hydrogen-bond donors (Lipinski definition) is 1. The van der Waals surface area contributed by atoms with Gasteiger partial charge in [-0.1, -0.05) is 17.7 Å². The van der Waals surface area contributed by atoms with E-state index in [2.05, 4.69) is 48.8 Å². The first-order chi connectivity index (χ1) is 9.77. The molecule has 0 spiro atoms. The van der Waals surface area contributed by atoms with Crippen molar-refractivity contribution in [1.82, 2.24) is 4.90 Å². The lowest BCUT2D eigenvalue weighted by Crippen LogP contribution is -2.53. The monoisotopic (exact) mass is 309 g/mol. The SMILES string of the molecule is CC(N)Cc1ccc(N2CCN(C(C)(C)C)CC2)cc1Cl. The number of nitrogens with two attached hydrogens (primary N) is 1. The Morgan fingerprint density at radius 2 is 1.81 bits per heavy atom. The van der Waals surface area contributed by atoms with Crippen LogP contribution in [0.15, 0.2) is 18.2 Å². The van der Waals surface area contributed by atoms with E-state index in [1.807, 2.05) is 6.92 Å². The molecule has 1 saturated heterocycles. The van der Waals surface area contributed by atoms with Gasteiger partial charge in [-0.3, -0.25) is 4.90 Å². The minimum absolute atomic E-state index is 0.142. The van der Waals surface area contributed by atoms with Crippen LogP contribution in [-0.2, 0) is 6.42 Å². The maximum atomic E-state index is 6.40. The molecule has 118 valence electrons. The van der Waals surface area contributed by atoms with Crippen molar-refractivity contribution in [3.05, 3.63) is 28.8 Å². The number of anilines is 1. The normalized spacial score (nSPS) is 18.9. The van der Waals surface area contributed by atoms with Gasteiger partial charge in [-0.05, 0) is 51.8 Å². The maximum absolute atomic E-state index is 6.40. The molecule has 1 aromatic carbocycles. The first kappa shape index (κ1) is 16.6. The van der Waals surface area contributed by atoms with E-state index < -0.39 is 0 Å². The van der Waals surface area contributed by atoms with Gasteiger partial charge in [-0.15, -0.1) is 0 Å². The largest absolute Gasteiger partial charge is 0.369 e. The Kier molecular flexibility index (Phi) is 5.18. The molecule has 0 amide bonds. The summed E-state index contributed by atoms with van der Waals surface area (Å²) in [6.45, 7) is 13.2. The highest BCUT2D eigenvalue weighted by Gasteiger charge is 2.26. The van der Waals surface area contributed by atoms with Crippen molar-refractivity contribution in [2.24, 2.45) is 5.73 Å².